The van der Waals surface area contributed by atoms with Gasteiger partial charge in [-0.2, -0.15) is 5.26 Å². The number of carboxylic acids is 1. The van der Waals surface area contributed by atoms with Crippen LogP contribution in [0.3, 0.4) is 0 Å². The highest BCUT2D eigenvalue weighted by Gasteiger charge is 2.45. The smallest absolute Gasteiger partial charge is 0.321 e. The zero-order chi connectivity index (χ0) is 9.42. The molecule has 3 nitrogen and oxygen atoms in total. The van der Waals surface area contributed by atoms with E-state index in [1.165, 1.54) is 6.42 Å². The van der Waals surface area contributed by atoms with Gasteiger partial charge in [-0.1, -0.05) is 6.42 Å². The van der Waals surface area contributed by atoms with Crippen LogP contribution in [0.1, 0.15) is 25.7 Å². The fraction of sp³-hybridized carbons (Fsp3) is 0.800. The van der Waals surface area contributed by atoms with E-state index in [0.717, 1.165) is 19.3 Å². The molecule has 2 rings (SSSR count). The second kappa shape index (κ2) is 3.02. The van der Waals surface area contributed by atoms with Gasteiger partial charge in [-0.3, -0.25) is 4.79 Å². The van der Waals surface area contributed by atoms with Crippen LogP contribution >= 0.6 is 0 Å². The second-order valence-corrected chi connectivity index (χ2v) is 4.28. The number of nitrogens with zero attached hydrogens (tertiary/aromatic N) is 1. The van der Waals surface area contributed by atoms with Gasteiger partial charge in [0.25, 0.3) is 0 Å². The van der Waals surface area contributed by atoms with Crippen LogP contribution in [0.25, 0.3) is 0 Å². The summed E-state index contributed by atoms with van der Waals surface area (Å²) < 4.78 is 0. The molecule has 2 aliphatic rings. The van der Waals surface area contributed by atoms with Crippen LogP contribution in [-0.2, 0) is 4.79 Å². The standard InChI is InChI=1S/C10H13NO2/c11-5-9(10(12)13)8-4-6-1-2-7(8)3-6/h6-9H,1-4H2,(H,12,13). The van der Waals surface area contributed by atoms with Gasteiger partial charge in [0.05, 0.1) is 6.07 Å². The molecule has 0 aliphatic heterocycles. The average Bonchev–Trinajstić information content (AvgIpc) is 2.65. The Kier molecular flexibility index (Phi) is 1.99. The van der Waals surface area contributed by atoms with Gasteiger partial charge in [0.15, 0.2) is 0 Å². The maximum Gasteiger partial charge on any atom is 0.321 e. The number of fused-ring (bicyclic) bond motifs is 2. The summed E-state index contributed by atoms with van der Waals surface area (Å²) in [7, 11) is 0. The molecule has 3 heteroatoms. The molecule has 0 radical (unpaired) electrons. The molecular formula is C10H13NO2. The maximum absolute atomic E-state index is 10.8. The normalized spacial score (nSPS) is 38.5. The quantitative estimate of drug-likeness (QED) is 0.701. The first-order valence-electron chi connectivity index (χ1n) is 4.84. The monoisotopic (exact) mass is 179 g/mol. The van der Waals surface area contributed by atoms with Crippen LogP contribution in [0.2, 0.25) is 0 Å². The van der Waals surface area contributed by atoms with Gasteiger partial charge in [0.2, 0.25) is 0 Å². The summed E-state index contributed by atoms with van der Waals surface area (Å²) in [4.78, 5) is 10.8. The van der Waals surface area contributed by atoms with Crippen molar-refractivity contribution >= 4 is 5.97 Å². The molecule has 4 unspecified atom stereocenters. The Morgan fingerprint density at radius 3 is 2.62 bits per heavy atom. The van der Waals surface area contributed by atoms with E-state index >= 15 is 0 Å². The summed E-state index contributed by atoms with van der Waals surface area (Å²) in [5.74, 6) is -0.312. The fourth-order valence-electron chi connectivity index (χ4n) is 3.04. The molecule has 0 aromatic heterocycles. The lowest BCUT2D eigenvalue weighted by molar-refractivity contribution is -0.142. The molecule has 1 N–H and O–H groups in total. The molecular weight excluding hydrogens is 166 g/mol. The van der Waals surface area contributed by atoms with Crippen LogP contribution in [0.4, 0.5) is 0 Å². The Hall–Kier alpha value is -1.04. The lowest BCUT2D eigenvalue weighted by Gasteiger charge is -2.23. The van der Waals surface area contributed by atoms with Crippen molar-refractivity contribution in [3.05, 3.63) is 0 Å². The molecule has 0 aromatic rings. The van der Waals surface area contributed by atoms with Crippen LogP contribution in [0.5, 0.6) is 0 Å². The van der Waals surface area contributed by atoms with Crippen molar-refractivity contribution in [3.8, 4) is 6.07 Å². The van der Waals surface area contributed by atoms with Crippen molar-refractivity contribution in [1.29, 1.82) is 5.26 Å². The van der Waals surface area contributed by atoms with E-state index in [0.29, 0.717) is 11.8 Å². The van der Waals surface area contributed by atoms with Crippen molar-refractivity contribution in [3.63, 3.8) is 0 Å². The van der Waals surface area contributed by atoms with E-state index in [-0.39, 0.29) is 5.92 Å². The summed E-state index contributed by atoms with van der Waals surface area (Å²) in [6.45, 7) is 0. The van der Waals surface area contributed by atoms with Gasteiger partial charge in [-0.15, -0.1) is 0 Å². The minimum Gasteiger partial charge on any atom is -0.480 e. The van der Waals surface area contributed by atoms with E-state index in [4.69, 9.17) is 10.4 Å². The third-order valence-corrected chi connectivity index (χ3v) is 3.63. The van der Waals surface area contributed by atoms with Gasteiger partial charge >= 0.3 is 5.97 Å². The molecule has 4 atom stereocenters. The van der Waals surface area contributed by atoms with Gasteiger partial charge in [0.1, 0.15) is 5.92 Å². The Morgan fingerprint density at radius 1 is 1.46 bits per heavy atom. The lowest BCUT2D eigenvalue weighted by Crippen LogP contribution is -2.26. The van der Waals surface area contributed by atoms with Crippen LogP contribution in [0, 0.1) is 35.0 Å². The molecule has 2 aliphatic carbocycles. The van der Waals surface area contributed by atoms with Crippen LogP contribution in [0.15, 0.2) is 0 Å². The predicted molar refractivity (Wildman–Crippen MR) is 45.7 cm³/mol. The Balaban J connectivity index is 2.09. The van der Waals surface area contributed by atoms with Gasteiger partial charge in [-0.25, -0.2) is 0 Å². The molecule has 0 spiro atoms. The molecule has 0 heterocycles. The Labute approximate surface area is 77.4 Å². The number of rotatable bonds is 2. The third kappa shape index (κ3) is 1.31. The summed E-state index contributed by atoms with van der Waals surface area (Å²) in [6, 6.07) is 1.93. The molecule has 0 amide bonds. The van der Waals surface area contributed by atoms with Crippen molar-refractivity contribution in [1.82, 2.24) is 0 Å². The maximum atomic E-state index is 10.8. The minimum atomic E-state index is -0.931. The molecule has 2 bridgehead atoms. The molecule has 2 fully saturated rings. The number of nitriles is 1. The lowest BCUT2D eigenvalue weighted by atomic mass is 9.80. The average molecular weight is 179 g/mol. The summed E-state index contributed by atoms with van der Waals surface area (Å²) >= 11 is 0. The Bertz CT molecular complexity index is 269. The number of carbonyl (C=O) groups is 1. The molecule has 13 heavy (non-hydrogen) atoms. The molecule has 70 valence electrons. The largest absolute Gasteiger partial charge is 0.480 e. The summed E-state index contributed by atoms with van der Waals surface area (Å²) in [6.07, 6.45) is 4.52. The predicted octanol–water partition coefficient (Wildman–Crippen LogP) is 1.65. The van der Waals surface area contributed by atoms with Crippen LogP contribution in [-0.4, -0.2) is 11.1 Å². The number of hydrogen-bond acceptors (Lipinski definition) is 2. The van der Waals surface area contributed by atoms with E-state index in [2.05, 4.69) is 0 Å². The first-order valence-corrected chi connectivity index (χ1v) is 4.84. The summed E-state index contributed by atoms with van der Waals surface area (Å²) in [5, 5.41) is 17.6. The first-order chi connectivity index (χ1) is 6.22. The van der Waals surface area contributed by atoms with E-state index in [1.807, 2.05) is 6.07 Å². The summed E-state index contributed by atoms with van der Waals surface area (Å²) in [5.41, 5.74) is 0. The number of aliphatic carboxylic acids is 1. The third-order valence-electron chi connectivity index (χ3n) is 3.63. The van der Waals surface area contributed by atoms with E-state index < -0.39 is 11.9 Å². The van der Waals surface area contributed by atoms with Crippen molar-refractivity contribution < 1.29 is 9.90 Å². The molecule has 0 saturated heterocycles. The Morgan fingerprint density at radius 2 is 2.23 bits per heavy atom. The zero-order valence-electron chi connectivity index (χ0n) is 7.44. The number of carboxylic acid groups (broad SMARTS) is 1. The highest BCUT2D eigenvalue weighted by Crippen LogP contribution is 2.50. The fourth-order valence-corrected chi connectivity index (χ4v) is 3.04. The highest BCUT2D eigenvalue weighted by molar-refractivity contribution is 5.73. The van der Waals surface area contributed by atoms with Crippen molar-refractivity contribution in [2.45, 2.75) is 25.7 Å². The number of hydrogen-bond donors (Lipinski definition) is 1. The SMILES string of the molecule is N#CC(C(=O)O)C1CC2CCC1C2. The van der Waals surface area contributed by atoms with Crippen LogP contribution < -0.4 is 0 Å². The second-order valence-electron chi connectivity index (χ2n) is 4.28. The van der Waals surface area contributed by atoms with Gasteiger partial charge < -0.3 is 5.11 Å². The van der Waals surface area contributed by atoms with Gasteiger partial charge in [-0.05, 0) is 37.0 Å². The van der Waals surface area contributed by atoms with Crippen molar-refractivity contribution in [2.75, 3.05) is 0 Å². The van der Waals surface area contributed by atoms with E-state index in [1.54, 1.807) is 0 Å². The first kappa shape index (κ1) is 8.55. The topological polar surface area (TPSA) is 61.1 Å². The highest BCUT2D eigenvalue weighted by atomic mass is 16.4. The zero-order valence-corrected chi connectivity index (χ0v) is 7.44. The molecule has 0 aromatic carbocycles. The minimum absolute atomic E-state index is 0.140. The van der Waals surface area contributed by atoms with Crippen molar-refractivity contribution in [2.24, 2.45) is 23.7 Å². The molecule has 2 saturated carbocycles. The van der Waals surface area contributed by atoms with Gasteiger partial charge in [0, 0.05) is 0 Å². The van der Waals surface area contributed by atoms with E-state index in [9.17, 15) is 4.79 Å².